The second-order valence-corrected chi connectivity index (χ2v) is 10.8. The first-order chi connectivity index (χ1) is 16.2. The van der Waals surface area contributed by atoms with Gasteiger partial charge in [0.1, 0.15) is 22.4 Å². The minimum Gasteiger partial charge on any atom is -0.492 e. The molecule has 34 heavy (non-hydrogen) atoms. The maximum atomic E-state index is 8.54. The number of fused-ring (bicyclic) bond motifs is 1. The molecule has 0 unspecified atom stereocenters. The summed E-state index contributed by atoms with van der Waals surface area (Å²) in [6.45, 7) is 9.69. The Bertz CT molecular complexity index is 1060. The summed E-state index contributed by atoms with van der Waals surface area (Å²) in [6, 6.07) is 7.58. The Morgan fingerprint density at radius 1 is 0.912 bits per heavy atom. The minimum atomic E-state index is 0.101. The summed E-state index contributed by atoms with van der Waals surface area (Å²) in [6.07, 6.45) is 3.83. The highest BCUT2D eigenvalue weighted by Gasteiger charge is 2.35. The lowest BCUT2D eigenvalue weighted by molar-refractivity contribution is 0.284. The first-order valence-corrected chi connectivity index (χ1v) is 13.0. The third kappa shape index (κ3) is 6.19. The van der Waals surface area contributed by atoms with E-state index in [4.69, 9.17) is 37.6 Å². The number of rotatable bonds is 12. The van der Waals surface area contributed by atoms with Crippen molar-refractivity contribution in [2.24, 2.45) is 11.8 Å². The number of anilines is 1. The van der Waals surface area contributed by atoms with Crippen molar-refractivity contribution in [2.75, 3.05) is 18.9 Å². The van der Waals surface area contributed by atoms with Gasteiger partial charge in [-0.15, -0.1) is 0 Å². The molecule has 0 aliphatic carbocycles. The second kappa shape index (κ2) is 11.8. The van der Waals surface area contributed by atoms with Crippen molar-refractivity contribution in [3.05, 3.63) is 40.4 Å². The molecule has 2 aromatic carbocycles. The van der Waals surface area contributed by atoms with Crippen LogP contribution in [0.2, 0.25) is 5.02 Å². The average molecular weight is 503 g/mol. The van der Waals surface area contributed by atoms with Crippen LogP contribution in [0.1, 0.15) is 64.5 Å². The van der Waals surface area contributed by atoms with Crippen LogP contribution < -0.4 is 20.5 Å². The van der Waals surface area contributed by atoms with E-state index < -0.39 is 0 Å². The van der Waals surface area contributed by atoms with Gasteiger partial charge in [-0.05, 0) is 49.7 Å². The van der Waals surface area contributed by atoms with Crippen LogP contribution in [-0.4, -0.2) is 24.9 Å². The summed E-state index contributed by atoms with van der Waals surface area (Å²) in [5.41, 5.74) is 7.87. The zero-order valence-electron chi connectivity index (χ0n) is 20.4. The fourth-order valence-electron chi connectivity index (χ4n) is 3.76. The molecule has 0 radical (unpaired) electrons. The van der Waals surface area contributed by atoms with Gasteiger partial charge in [0, 0.05) is 10.6 Å². The zero-order chi connectivity index (χ0) is 24.8. The Balaban J connectivity index is 2.06. The second-order valence-electron chi connectivity index (χ2n) is 9.34. The van der Waals surface area contributed by atoms with Crippen LogP contribution in [0.3, 0.4) is 0 Å². The molecule has 0 saturated heterocycles. The monoisotopic (exact) mass is 502 g/mol. The van der Waals surface area contributed by atoms with Gasteiger partial charge in [-0.1, -0.05) is 63.2 Å². The molecule has 0 aromatic heterocycles. The van der Waals surface area contributed by atoms with E-state index in [9.17, 15) is 0 Å². The van der Waals surface area contributed by atoms with Crippen molar-refractivity contribution in [3.63, 3.8) is 0 Å². The normalized spacial score (nSPS) is 12.9. The molecule has 1 aliphatic rings. The number of para-hydroxylation sites is 1. The van der Waals surface area contributed by atoms with Crippen molar-refractivity contribution in [3.8, 4) is 11.5 Å². The fraction of sp³-hybridized carbons (Fsp3) is 0.462. The molecular weight excluding hydrogens is 468 g/mol. The lowest BCUT2D eigenvalue weighted by Crippen LogP contribution is -2.20. The predicted molar refractivity (Wildman–Crippen MR) is 142 cm³/mol. The molecule has 0 spiro atoms. The number of ether oxygens (including phenoxy) is 2. The lowest BCUT2D eigenvalue weighted by atomic mass is 10.1. The molecule has 8 heteroatoms. The van der Waals surface area contributed by atoms with Crippen molar-refractivity contribution in [2.45, 2.75) is 63.2 Å². The molecule has 0 atom stereocenters. The smallest absolute Gasteiger partial charge is 0.150 e. The molecule has 6 nitrogen and oxygen atoms in total. The van der Waals surface area contributed by atoms with E-state index in [2.05, 4.69) is 33.0 Å². The summed E-state index contributed by atoms with van der Waals surface area (Å²) in [7, 11) is 0. The minimum absolute atomic E-state index is 0.101. The van der Waals surface area contributed by atoms with Gasteiger partial charge in [0.15, 0.2) is 5.75 Å². The highest BCUT2D eigenvalue weighted by Crippen LogP contribution is 2.51. The molecule has 5 N–H and O–H groups in total. The molecule has 1 heterocycles. The number of hydrogen-bond donors (Lipinski definition) is 4. The molecule has 2 aromatic rings. The van der Waals surface area contributed by atoms with E-state index in [1.807, 2.05) is 24.3 Å². The first-order valence-electron chi connectivity index (χ1n) is 11.8. The molecule has 0 amide bonds. The zero-order valence-corrected chi connectivity index (χ0v) is 22.0. The average Bonchev–Trinajstić information content (AvgIpc) is 3.06. The Hall–Kier alpha value is -2.38. The Kier molecular flexibility index (Phi) is 9.14. The van der Waals surface area contributed by atoms with Crippen LogP contribution in [0, 0.1) is 22.7 Å². The van der Waals surface area contributed by atoms with E-state index in [1.165, 1.54) is 11.8 Å². The Morgan fingerprint density at radius 3 is 2.00 bits per heavy atom. The van der Waals surface area contributed by atoms with Gasteiger partial charge in [0.2, 0.25) is 0 Å². The van der Waals surface area contributed by atoms with Gasteiger partial charge in [-0.25, -0.2) is 0 Å². The summed E-state index contributed by atoms with van der Waals surface area (Å²) in [4.78, 5) is 1.50. The van der Waals surface area contributed by atoms with Gasteiger partial charge < -0.3 is 20.5 Å². The highest BCUT2D eigenvalue weighted by atomic mass is 35.5. The number of nitrogens with one attached hydrogen (secondary N) is 3. The van der Waals surface area contributed by atoms with E-state index in [0.717, 1.165) is 30.6 Å². The standard InChI is InChI=1S/C26H35ClN4O2S/c1-15(2)9-7-13-32-22-19-20(26(30)31-25(19)29)23(33-14-8-10-16(3)4)24(21(22)27)34-18-12-6-5-11-17(18)28/h5-6,11-12,15-16H,7-10,13-14,28H2,1-4H3,(H3,29,30,31). The topological polar surface area (TPSA) is 104 Å². The largest absolute Gasteiger partial charge is 0.492 e. The predicted octanol–water partition coefficient (Wildman–Crippen LogP) is 6.96. The molecule has 0 fully saturated rings. The quantitative estimate of drug-likeness (QED) is 0.185. The summed E-state index contributed by atoms with van der Waals surface area (Å²) >= 11 is 8.36. The summed E-state index contributed by atoms with van der Waals surface area (Å²) in [5, 5.41) is 20.2. The van der Waals surface area contributed by atoms with Gasteiger partial charge in [-0.2, -0.15) is 0 Å². The molecule has 1 aliphatic heterocycles. The van der Waals surface area contributed by atoms with Crippen LogP contribution >= 0.6 is 23.4 Å². The number of hydrogen-bond acceptors (Lipinski definition) is 6. The third-order valence-electron chi connectivity index (χ3n) is 5.53. The number of nitrogen functional groups attached to an aromatic ring is 1. The van der Waals surface area contributed by atoms with Crippen molar-refractivity contribution >= 4 is 40.7 Å². The fourth-order valence-corrected chi connectivity index (χ4v) is 5.10. The SMILES string of the molecule is CC(C)CCCOc1c(Cl)c(Sc2ccccc2N)c(OCCCC(C)C)c2c1C(=N)NC2=N. The lowest BCUT2D eigenvalue weighted by Gasteiger charge is -2.21. The van der Waals surface area contributed by atoms with Crippen molar-refractivity contribution in [1.29, 1.82) is 10.8 Å². The third-order valence-corrected chi connectivity index (χ3v) is 7.19. The van der Waals surface area contributed by atoms with Crippen LogP contribution in [0.4, 0.5) is 5.69 Å². The van der Waals surface area contributed by atoms with Gasteiger partial charge in [-0.3, -0.25) is 10.8 Å². The van der Waals surface area contributed by atoms with Gasteiger partial charge in [0.25, 0.3) is 0 Å². The van der Waals surface area contributed by atoms with Gasteiger partial charge in [0.05, 0.1) is 29.2 Å². The molecule has 184 valence electrons. The highest BCUT2D eigenvalue weighted by molar-refractivity contribution is 7.99. The van der Waals surface area contributed by atoms with E-state index in [-0.39, 0.29) is 11.7 Å². The molecular formula is C26H35ClN4O2S. The summed E-state index contributed by atoms with van der Waals surface area (Å²) in [5.74, 6) is 2.30. The van der Waals surface area contributed by atoms with Crippen molar-refractivity contribution < 1.29 is 9.47 Å². The Labute approximate surface area is 212 Å². The molecule has 0 bridgehead atoms. The number of benzene rings is 2. The van der Waals surface area contributed by atoms with E-state index in [0.29, 0.717) is 63.3 Å². The van der Waals surface area contributed by atoms with Gasteiger partial charge >= 0.3 is 0 Å². The molecule has 0 saturated carbocycles. The van der Waals surface area contributed by atoms with Crippen LogP contribution in [-0.2, 0) is 0 Å². The van der Waals surface area contributed by atoms with Crippen LogP contribution in [0.25, 0.3) is 0 Å². The van der Waals surface area contributed by atoms with Crippen molar-refractivity contribution in [1.82, 2.24) is 5.32 Å². The maximum absolute atomic E-state index is 8.54. The van der Waals surface area contributed by atoms with Crippen LogP contribution in [0.5, 0.6) is 11.5 Å². The van der Waals surface area contributed by atoms with E-state index >= 15 is 0 Å². The maximum Gasteiger partial charge on any atom is 0.150 e. The number of amidine groups is 2. The van der Waals surface area contributed by atoms with Crippen LogP contribution in [0.15, 0.2) is 34.1 Å². The summed E-state index contributed by atoms with van der Waals surface area (Å²) < 4.78 is 12.4. The first kappa shape index (κ1) is 26.2. The van der Waals surface area contributed by atoms with E-state index in [1.54, 1.807) is 0 Å². The number of nitrogens with two attached hydrogens (primary N) is 1. The Morgan fingerprint density at radius 2 is 1.44 bits per heavy atom. The number of halogens is 1. The molecule has 3 rings (SSSR count).